The quantitative estimate of drug-likeness (QED) is 0.548. The molecule has 0 fully saturated rings. The van der Waals surface area contributed by atoms with Crippen LogP contribution in [0.4, 0.5) is 0 Å². The first-order valence-corrected chi connectivity index (χ1v) is 4.80. The summed E-state index contributed by atoms with van der Waals surface area (Å²) in [6.07, 6.45) is 0. The second-order valence-corrected chi connectivity index (χ2v) is 4.03. The summed E-state index contributed by atoms with van der Waals surface area (Å²) < 4.78 is 0. The van der Waals surface area contributed by atoms with Crippen molar-refractivity contribution in [3.8, 4) is 0 Å². The molecule has 0 saturated heterocycles. The van der Waals surface area contributed by atoms with Gasteiger partial charge in [-0.15, -0.1) is 0 Å². The van der Waals surface area contributed by atoms with E-state index in [-0.39, 0.29) is 5.78 Å². The Hall–Kier alpha value is -0.530. The fourth-order valence-corrected chi connectivity index (χ4v) is 1.53. The molecule has 3 heteroatoms. The van der Waals surface area contributed by atoms with E-state index in [0.29, 0.717) is 5.56 Å². The molecule has 13 heavy (non-hydrogen) atoms. The third kappa shape index (κ3) is 2.23. The van der Waals surface area contributed by atoms with Gasteiger partial charge in [-0.3, -0.25) is 4.79 Å². The predicted octanol–water partition coefficient (Wildman–Crippen LogP) is 3.29. The number of rotatable bonds is 2. The van der Waals surface area contributed by atoms with Gasteiger partial charge in [0.15, 0.2) is 10.6 Å². The Bertz CT molecular complexity index is 311. The van der Waals surface area contributed by atoms with Crippen molar-refractivity contribution in [2.24, 2.45) is 0 Å². The van der Waals surface area contributed by atoms with E-state index in [9.17, 15) is 4.79 Å². The number of benzene rings is 1. The number of Topliss-reactive ketones (excluding diaryl/α,β-unsaturated/α-hetero) is 1. The molecular formula is C10H10Cl2O. The van der Waals surface area contributed by atoms with Gasteiger partial charge in [0.05, 0.1) is 0 Å². The van der Waals surface area contributed by atoms with Gasteiger partial charge in [0.25, 0.3) is 0 Å². The summed E-state index contributed by atoms with van der Waals surface area (Å²) in [6, 6.07) is 5.64. The van der Waals surface area contributed by atoms with Crippen LogP contribution in [-0.4, -0.2) is 10.6 Å². The van der Waals surface area contributed by atoms with Gasteiger partial charge < -0.3 is 0 Å². The van der Waals surface area contributed by atoms with E-state index in [1.807, 2.05) is 32.0 Å². The highest BCUT2D eigenvalue weighted by molar-refractivity contribution is 6.55. The maximum absolute atomic E-state index is 11.5. The molecule has 0 N–H and O–H groups in total. The molecule has 1 aromatic carbocycles. The van der Waals surface area contributed by atoms with Crippen molar-refractivity contribution in [1.82, 2.24) is 0 Å². The predicted molar refractivity (Wildman–Crippen MR) is 55.7 cm³/mol. The summed E-state index contributed by atoms with van der Waals surface area (Å²) in [5.41, 5.74) is 2.46. The van der Waals surface area contributed by atoms with Crippen molar-refractivity contribution >= 4 is 29.0 Å². The number of halogens is 2. The van der Waals surface area contributed by atoms with E-state index < -0.39 is 4.84 Å². The van der Waals surface area contributed by atoms with Gasteiger partial charge in [-0.05, 0) is 25.0 Å². The molecule has 1 rings (SSSR count). The minimum atomic E-state index is -0.972. The van der Waals surface area contributed by atoms with Crippen LogP contribution in [-0.2, 0) is 0 Å². The van der Waals surface area contributed by atoms with E-state index in [4.69, 9.17) is 23.2 Å². The molecule has 0 saturated carbocycles. The number of hydrogen-bond donors (Lipinski definition) is 0. The SMILES string of the molecule is Cc1cccc(C)c1C(=O)C(Cl)Cl. The van der Waals surface area contributed by atoms with Crippen molar-refractivity contribution in [3.05, 3.63) is 34.9 Å². The molecule has 0 spiro atoms. The lowest BCUT2D eigenvalue weighted by atomic mass is 10.00. The molecule has 0 unspecified atom stereocenters. The second kappa shape index (κ2) is 4.12. The van der Waals surface area contributed by atoms with Crippen LogP contribution in [0.5, 0.6) is 0 Å². The molecule has 1 nitrogen and oxygen atoms in total. The van der Waals surface area contributed by atoms with Crippen LogP contribution >= 0.6 is 23.2 Å². The Balaban J connectivity index is 3.20. The summed E-state index contributed by atoms with van der Waals surface area (Å²) in [5.74, 6) is -0.223. The monoisotopic (exact) mass is 216 g/mol. The Morgan fingerprint density at radius 1 is 1.23 bits per heavy atom. The minimum absolute atomic E-state index is 0.223. The van der Waals surface area contributed by atoms with Crippen molar-refractivity contribution in [2.75, 3.05) is 0 Å². The van der Waals surface area contributed by atoms with Crippen LogP contribution in [0.25, 0.3) is 0 Å². The average Bonchev–Trinajstić information content (AvgIpc) is 2.03. The van der Waals surface area contributed by atoms with Gasteiger partial charge in [-0.1, -0.05) is 41.4 Å². The number of carbonyl (C=O) groups is 1. The van der Waals surface area contributed by atoms with Gasteiger partial charge in [0.1, 0.15) is 0 Å². The molecule has 0 aromatic heterocycles. The molecule has 0 aliphatic carbocycles. The lowest BCUT2D eigenvalue weighted by Crippen LogP contribution is -2.11. The van der Waals surface area contributed by atoms with Crippen molar-refractivity contribution in [2.45, 2.75) is 18.7 Å². The maximum Gasteiger partial charge on any atom is 0.196 e. The molecule has 0 bridgehead atoms. The third-order valence-corrected chi connectivity index (χ3v) is 2.32. The lowest BCUT2D eigenvalue weighted by molar-refractivity contribution is 0.101. The van der Waals surface area contributed by atoms with Gasteiger partial charge in [0, 0.05) is 5.56 Å². The average molecular weight is 217 g/mol. The third-order valence-electron chi connectivity index (χ3n) is 1.93. The Labute approximate surface area is 87.7 Å². The number of alkyl halides is 2. The summed E-state index contributed by atoms with van der Waals surface area (Å²) in [7, 11) is 0. The fourth-order valence-electron chi connectivity index (χ4n) is 1.31. The van der Waals surface area contributed by atoms with Crippen LogP contribution in [0, 0.1) is 13.8 Å². The first kappa shape index (κ1) is 10.6. The van der Waals surface area contributed by atoms with Crippen LogP contribution in [0.2, 0.25) is 0 Å². The van der Waals surface area contributed by atoms with Crippen molar-refractivity contribution < 1.29 is 4.79 Å². The minimum Gasteiger partial charge on any atom is -0.291 e. The van der Waals surface area contributed by atoms with E-state index in [1.54, 1.807) is 0 Å². The molecule has 0 heterocycles. The van der Waals surface area contributed by atoms with Gasteiger partial charge in [-0.2, -0.15) is 0 Å². The molecule has 0 amide bonds. The number of ketones is 1. The first-order chi connectivity index (χ1) is 6.04. The number of hydrogen-bond acceptors (Lipinski definition) is 1. The van der Waals surface area contributed by atoms with Gasteiger partial charge in [-0.25, -0.2) is 0 Å². The summed E-state index contributed by atoms with van der Waals surface area (Å²) in [5, 5.41) is 0. The second-order valence-electron chi connectivity index (χ2n) is 2.93. The lowest BCUT2D eigenvalue weighted by Gasteiger charge is -2.08. The molecule has 0 atom stereocenters. The molecule has 0 radical (unpaired) electrons. The Morgan fingerprint density at radius 2 is 1.69 bits per heavy atom. The number of carbonyl (C=O) groups excluding carboxylic acids is 1. The highest BCUT2D eigenvalue weighted by Gasteiger charge is 2.17. The summed E-state index contributed by atoms with van der Waals surface area (Å²) in [6.45, 7) is 3.74. The van der Waals surface area contributed by atoms with Gasteiger partial charge in [0.2, 0.25) is 0 Å². The van der Waals surface area contributed by atoms with Crippen LogP contribution in [0.3, 0.4) is 0 Å². The molecule has 70 valence electrons. The van der Waals surface area contributed by atoms with Crippen molar-refractivity contribution in [1.29, 1.82) is 0 Å². The van der Waals surface area contributed by atoms with E-state index in [0.717, 1.165) is 11.1 Å². The zero-order valence-electron chi connectivity index (χ0n) is 7.47. The molecule has 1 aromatic rings. The normalized spacial score (nSPS) is 10.5. The number of aryl methyl sites for hydroxylation is 2. The summed E-state index contributed by atoms with van der Waals surface area (Å²) in [4.78, 5) is 10.5. The zero-order chi connectivity index (χ0) is 10.0. The molecular weight excluding hydrogens is 207 g/mol. The van der Waals surface area contributed by atoms with Crippen LogP contribution in [0.1, 0.15) is 21.5 Å². The van der Waals surface area contributed by atoms with Crippen LogP contribution < -0.4 is 0 Å². The standard InChI is InChI=1S/C10H10Cl2O/c1-6-4-3-5-7(2)8(6)9(13)10(11)12/h3-5,10H,1-2H3. The highest BCUT2D eigenvalue weighted by atomic mass is 35.5. The van der Waals surface area contributed by atoms with Crippen molar-refractivity contribution in [3.63, 3.8) is 0 Å². The summed E-state index contributed by atoms with van der Waals surface area (Å²) >= 11 is 11.0. The zero-order valence-corrected chi connectivity index (χ0v) is 8.99. The van der Waals surface area contributed by atoms with E-state index in [1.165, 1.54) is 0 Å². The van der Waals surface area contributed by atoms with E-state index in [2.05, 4.69) is 0 Å². The van der Waals surface area contributed by atoms with Crippen LogP contribution in [0.15, 0.2) is 18.2 Å². The molecule has 0 aliphatic heterocycles. The van der Waals surface area contributed by atoms with E-state index >= 15 is 0 Å². The highest BCUT2D eigenvalue weighted by Crippen LogP contribution is 2.19. The Morgan fingerprint density at radius 3 is 2.08 bits per heavy atom. The fraction of sp³-hybridized carbons (Fsp3) is 0.300. The first-order valence-electron chi connectivity index (χ1n) is 3.92. The molecule has 0 aliphatic rings. The van der Waals surface area contributed by atoms with Gasteiger partial charge >= 0.3 is 0 Å². The Kier molecular flexibility index (Phi) is 3.34. The largest absolute Gasteiger partial charge is 0.291 e. The smallest absolute Gasteiger partial charge is 0.196 e. The maximum atomic E-state index is 11.5. The topological polar surface area (TPSA) is 17.1 Å².